The maximum atomic E-state index is 7.77. The molecule has 0 aliphatic carbocycles. The maximum absolute atomic E-state index is 7.77. The van der Waals surface area contributed by atoms with Crippen molar-refractivity contribution in [2.45, 2.75) is 55.8 Å². The molecular formula is C52H50GeO5. The van der Waals surface area contributed by atoms with E-state index in [9.17, 15) is 0 Å². The van der Waals surface area contributed by atoms with E-state index in [0.29, 0.717) is 33.0 Å². The van der Waals surface area contributed by atoms with Crippen LogP contribution in [0.4, 0.5) is 0 Å². The van der Waals surface area contributed by atoms with Gasteiger partial charge in [0.05, 0.1) is 0 Å². The predicted molar refractivity (Wildman–Crippen MR) is 234 cm³/mol. The second kappa shape index (κ2) is 20.0. The molecule has 0 amide bonds. The number of ether oxygens (including phenoxy) is 5. The quantitative estimate of drug-likeness (QED) is 0.0864. The first-order chi connectivity index (χ1) is 28.8. The van der Waals surface area contributed by atoms with Crippen LogP contribution in [0.1, 0.15) is 22.3 Å². The van der Waals surface area contributed by atoms with E-state index >= 15 is 0 Å². The monoisotopic (exact) mass is 828 g/mol. The van der Waals surface area contributed by atoms with Crippen LogP contribution in [0, 0.1) is 0 Å². The van der Waals surface area contributed by atoms with Crippen LogP contribution >= 0.6 is 0 Å². The topological polar surface area (TPSA) is 46.2 Å². The Balaban J connectivity index is 1.30. The van der Waals surface area contributed by atoms with E-state index in [4.69, 9.17) is 23.7 Å². The number of benzene rings is 7. The third-order valence-corrected chi connectivity index (χ3v) is 21.6. The fourth-order valence-electron chi connectivity index (χ4n) is 8.23. The first-order valence-electron chi connectivity index (χ1n) is 20.2. The molecule has 5 nitrogen and oxygen atoms in total. The van der Waals surface area contributed by atoms with Crippen LogP contribution in [0.2, 0.25) is 0 Å². The van der Waals surface area contributed by atoms with E-state index in [0.717, 1.165) is 22.3 Å². The molecule has 0 N–H and O–H groups in total. The van der Waals surface area contributed by atoms with Crippen molar-refractivity contribution in [3.8, 4) is 0 Å². The summed E-state index contributed by atoms with van der Waals surface area (Å²) in [6.45, 7) is 1.90. The van der Waals surface area contributed by atoms with Gasteiger partial charge >= 0.3 is 347 Å². The molecule has 0 saturated carbocycles. The Labute approximate surface area is 345 Å². The zero-order valence-electron chi connectivity index (χ0n) is 32.7. The SMILES string of the molecule is c1ccc(COC[C@H]2O[CH]([Ge]([c]3ccccc3)([c]3ccccc3)[c]3ccccc3)[C@H](OCc3ccccc3)[C@@H](OCc3ccccc3)[C@@H]2OCc2ccccc2)cc1. The Morgan fingerprint density at radius 2 is 0.655 bits per heavy atom. The first kappa shape index (κ1) is 39.7. The molecule has 1 heterocycles. The molecule has 1 fully saturated rings. The molecule has 0 aromatic heterocycles. The summed E-state index contributed by atoms with van der Waals surface area (Å²) in [4.78, 5) is -0.418. The fraction of sp³-hybridized carbons (Fsp3) is 0.192. The molecule has 6 heteroatoms. The normalized spacial score (nSPS) is 19.4. The second-order valence-electron chi connectivity index (χ2n) is 14.8. The summed E-state index contributed by atoms with van der Waals surface area (Å²) in [7, 11) is 0. The molecule has 7 aromatic rings. The summed E-state index contributed by atoms with van der Waals surface area (Å²) in [5, 5.41) is 0. The van der Waals surface area contributed by atoms with Crippen molar-refractivity contribution in [2.24, 2.45) is 0 Å². The van der Waals surface area contributed by atoms with Gasteiger partial charge in [-0.2, -0.15) is 0 Å². The molecule has 0 bridgehead atoms. The summed E-state index contributed by atoms with van der Waals surface area (Å²) in [5.74, 6) is 0. The molecule has 8 rings (SSSR count). The van der Waals surface area contributed by atoms with Crippen molar-refractivity contribution in [2.75, 3.05) is 6.61 Å². The molecule has 58 heavy (non-hydrogen) atoms. The molecule has 5 atom stereocenters. The number of hydrogen-bond donors (Lipinski definition) is 0. The van der Waals surface area contributed by atoms with E-state index in [-0.39, 0.29) is 0 Å². The van der Waals surface area contributed by atoms with Gasteiger partial charge in [0.1, 0.15) is 0 Å². The van der Waals surface area contributed by atoms with Gasteiger partial charge in [0.15, 0.2) is 0 Å². The van der Waals surface area contributed by atoms with Crippen molar-refractivity contribution >= 4 is 26.5 Å². The van der Waals surface area contributed by atoms with Gasteiger partial charge in [0.2, 0.25) is 0 Å². The average Bonchev–Trinajstić information content (AvgIpc) is 3.30. The Hall–Kier alpha value is -5.12. The van der Waals surface area contributed by atoms with Crippen LogP contribution in [0.15, 0.2) is 212 Å². The van der Waals surface area contributed by atoms with Crippen LogP contribution in [0.5, 0.6) is 0 Å². The molecule has 7 aromatic carbocycles. The van der Waals surface area contributed by atoms with Crippen molar-refractivity contribution in [3.05, 3.63) is 235 Å². The van der Waals surface area contributed by atoms with Crippen molar-refractivity contribution < 1.29 is 23.7 Å². The van der Waals surface area contributed by atoms with Crippen LogP contribution in [-0.2, 0) is 50.1 Å². The number of hydrogen-bond acceptors (Lipinski definition) is 5. The zero-order valence-corrected chi connectivity index (χ0v) is 34.8. The van der Waals surface area contributed by atoms with E-state index in [1.165, 1.54) is 13.2 Å². The zero-order chi connectivity index (χ0) is 39.2. The average molecular weight is 828 g/mol. The third kappa shape index (κ3) is 9.43. The molecule has 0 spiro atoms. The summed E-state index contributed by atoms with van der Waals surface area (Å²) in [6.07, 6.45) is -2.08. The molecule has 1 aliphatic heterocycles. The van der Waals surface area contributed by atoms with Gasteiger partial charge in [-0.3, -0.25) is 0 Å². The van der Waals surface area contributed by atoms with Gasteiger partial charge in [-0.25, -0.2) is 0 Å². The standard InChI is InChI=1S/C52H50GeO5/c1-8-22-41(23-9-1)36-54-40-48-49(55-37-42-24-10-2-11-25-42)50(56-38-43-26-12-3-13-27-43)51(57-39-44-28-14-4-15-29-44)52(58-48)53(45-30-16-5-17-31-45,46-32-18-6-19-33-46)47-34-20-7-21-35-47/h1-35,48-52H,36-40H2/t48-,49-,50+,51-,52?/m1/s1. The Kier molecular flexibility index (Phi) is 13.7. The Morgan fingerprint density at radius 3 is 1.03 bits per heavy atom. The van der Waals surface area contributed by atoms with Gasteiger partial charge in [-0.05, 0) is 0 Å². The summed E-state index contributed by atoms with van der Waals surface area (Å²) >= 11 is -3.99. The number of rotatable bonds is 17. The Morgan fingerprint density at radius 1 is 0.345 bits per heavy atom. The van der Waals surface area contributed by atoms with Crippen LogP contribution in [0.25, 0.3) is 0 Å². The van der Waals surface area contributed by atoms with Crippen LogP contribution in [0.3, 0.4) is 0 Å². The van der Waals surface area contributed by atoms with E-state index in [1.54, 1.807) is 0 Å². The van der Waals surface area contributed by atoms with Gasteiger partial charge < -0.3 is 0 Å². The van der Waals surface area contributed by atoms with Crippen molar-refractivity contribution in [1.82, 2.24) is 0 Å². The summed E-state index contributed by atoms with van der Waals surface area (Å²) in [5.41, 5.74) is 4.33. The predicted octanol–water partition coefficient (Wildman–Crippen LogP) is 8.44. The molecular weight excluding hydrogens is 777 g/mol. The van der Waals surface area contributed by atoms with Crippen LogP contribution in [-0.4, -0.2) is 49.2 Å². The van der Waals surface area contributed by atoms with Crippen LogP contribution < -0.4 is 13.2 Å². The summed E-state index contributed by atoms with van der Waals surface area (Å²) < 4.78 is 39.8. The summed E-state index contributed by atoms with van der Waals surface area (Å²) in [6, 6.07) is 74.3. The van der Waals surface area contributed by atoms with Gasteiger partial charge in [0, 0.05) is 0 Å². The minimum absolute atomic E-state index is 0.304. The molecule has 0 radical (unpaired) electrons. The first-order valence-corrected chi connectivity index (χ1v) is 24.5. The molecule has 1 unspecified atom stereocenters. The van der Waals surface area contributed by atoms with E-state index in [2.05, 4.69) is 164 Å². The van der Waals surface area contributed by atoms with Gasteiger partial charge in [-0.1, -0.05) is 0 Å². The minimum atomic E-state index is -3.99. The van der Waals surface area contributed by atoms with Crippen molar-refractivity contribution in [3.63, 3.8) is 0 Å². The van der Waals surface area contributed by atoms with E-state index in [1.807, 2.05) is 48.5 Å². The molecule has 292 valence electrons. The van der Waals surface area contributed by atoms with E-state index < -0.39 is 42.6 Å². The Bertz CT molecular complexity index is 2120. The molecule has 1 aliphatic rings. The third-order valence-electron chi connectivity index (χ3n) is 11.0. The fourth-order valence-corrected chi connectivity index (χ4v) is 19.3. The van der Waals surface area contributed by atoms with Crippen molar-refractivity contribution in [1.29, 1.82) is 0 Å². The van der Waals surface area contributed by atoms with Gasteiger partial charge in [0.25, 0.3) is 0 Å². The molecule has 1 saturated heterocycles. The second-order valence-corrected chi connectivity index (χ2v) is 23.0. The van der Waals surface area contributed by atoms with Gasteiger partial charge in [-0.15, -0.1) is 0 Å².